The Kier molecular flexibility index (Phi) is 61.2. The van der Waals surface area contributed by atoms with Gasteiger partial charge in [0.05, 0.1) is 38.6 Å². The van der Waals surface area contributed by atoms with Crippen molar-refractivity contribution in [1.29, 1.82) is 0 Å². The zero-order chi connectivity index (χ0) is 75.3. The van der Waals surface area contributed by atoms with Gasteiger partial charge < -0.3 is 89.9 Å². The second-order valence-electron chi connectivity index (χ2n) is 31.4. The maximum atomic E-state index is 13.5. The fourth-order valence-corrected chi connectivity index (χ4v) is 15.0. The minimum absolute atomic E-state index is 0.249. The molecule has 3 heterocycles. The first-order valence-electron chi connectivity index (χ1n) is 43.6. The first kappa shape index (κ1) is 96.5. The van der Waals surface area contributed by atoms with Crippen LogP contribution in [-0.4, -0.2) is 193 Å². The average molecular weight is 1490 g/mol. The third kappa shape index (κ3) is 44.9. The second kappa shape index (κ2) is 65.9. The molecule has 0 saturated carbocycles. The fraction of sp³-hybridized carbons (Fsp3) is 0.941. The monoisotopic (exact) mass is 1480 g/mol. The van der Waals surface area contributed by atoms with E-state index in [1.807, 2.05) is 6.08 Å². The van der Waals surface area contributed by atoms with E-state index in [1.54, 1.807) is 6.08 Å². The van der Waals surface area contributed by atoms with Crippen LogP contribution in [0.5, 0.6) is 0 Å². The van der Waals surface area contributed by atoms with Crippen LogP contribution in [0.3, 0.4) is 0 Å². The molecular weight excluding hydrogens is 1320 g/mol. The Hall–Kier alpha value is -1.73. The van der Waals surface area contributed by atoms with E-state index >= 15 is 0 Å². The van der Waals surface area contributed by atoms with Crippen molar-refractivity contribution in [3.8, 4) is 0 Å². The smallest absolute Gasteiger partial charge is 0.220 e. The van der Waals surface area contributed by atoms with Crippen molar-refractivity contribution in [2.24, 2.45) is 0 Å². The molecule has 19 heteroatoms. The lowest BCUT2D eigenvalue weighted by Gasteiger charge is -2.48. The van der Waals surface area contributed by atoms with Crippen LogP contribution < -0.4 is 5.32 Å². The average Bonchev–Trinajstić information content (AvgIpc) is 0.783. The van der Waals surface area contributed by atoms with E-state index in [1.165, 1.54) is 308 Å². The van der Waals surface area contributed by atoms with Crippen LogP contribution in [0.2, 0.25) is 0 Å². The lowest BCUT2D eigenvalue weighted by Crippen LogP contribution is -2.66. The molecule has 3 aliphatic heterocycles. The van der Waals surface area contributed by atoms with Gasteiger partial charge in [0.25, 0.3) is 0 Å². The Labute approximate surface area is 632 Å². The van der Waals surface area contributed by atoms with Crippen LogP contribution in [0.1, 0.15) is 380 Å². The summed E-state index contributed by atoms with van der Waals surface area (Å²) in [5.74, 6) is -0.266. The lowest BCUT2D eigenvalue weighted by molar-refractivity contribution is -0.379. The third-order valence-corrected chi connectivity index (χ3v) is 22.0. The second-order valence-corrected chi connectivity index (χ2v) is 31.4. The molecule has 3 aliphatic rings. The van der Waals surface area contributed by atoms with E-state index in [0.29, 0.717) is 6.42 Å². The summed E-state index contributed by atoms with van der Waals surface area (Å²) in [6.45, 7) is 1.81. The molecule has 3 rings (SSSR count). The molecule has 0 aromatic heterocycles. The lowest BCUT2D eigenvalue weighted by atomic mass is 9.96. The van der Waals surface area contributed by atoms with Gasteiger partial charge in [-0.1, -0.05) is 353 Å². The van der Waals surface area contributed by atoms with E-state index in [-0.39, 0.29) is 18.9 Å². The number of carbonyl (C=O) groups excluding carboxylic acids is 1. The molecule has 0 bridgehead atoms. The molecule has 1 amide bonds. The number of unbranched alkanes of at least 4 members (excludes halogenated alkanes) is 53. The SMILES string of the molecule is CCCCCCCCCC/C=C\CCCCCCCCCCCCCCCCCCCCCCCC(=O)NC(COC1OC(CO)C(OC2OC(CO)C(OC3OC(CO)C(O)C(O)C3O)C(O)C2O)C(O)C1O)C(O)/C=C/CCCCCCCCCCCCCCCCCCCCCCCCCC. The number of amides is 1. The Morgan fingerprint density at radius 1 is 0.337 bits per heavy atom. The normalized spacial score (nSPS) is 26.0. The Balaban J connectivity index is 1.34. The molecule has 0 aromatic carbocycles. The molecule has 3 saturated heterocycles. The first-order chi connectivity index (χ1) is 50.8. The van der Waals surface area contributed by atoms with Gasteiger partial charge in [-0.3, -0.25) is 4.79 Å². The number of aliphatic hydroxyl groups excluding tert-OH is 11. The number of hydrogen-bond donors (Lipinski definition) is 12. The standard InChI is InChI=1S/C85H161NO18/c1-3-5-7-9-11-13-15-17-19-21-23-25-27-29-31-32-33-34-35-36-37-39-41-43-45-47-49-51-53-55-57-59-61-63-73(91)86-68(69(90)62-60-58-56-54-52-50-48-46-44-42-40-38-30-28-26-24-22-20-18-16-14-12-10-8-6-4-2)67-99-83-79(97)76(94)81(71(65-88)101-83)104-85-80(98)77(95)82(72(66-89)102-85)103-84-78(96)75(93)74(92)70(64-87)100-84/h21,23,60,62,68-72,74-85,87-90,92-98H,3-20,22,24-59,61,63-67H2,1-2H3,(H,86,91)/b23-21-,62-60+. The van der Waals surface area contributed by atoms with E-state index in [0.717, 1.165) is 44.9 Å². The summed E-state index contributed by atoms with van der Waals surface area (Å²) in [5, 5.41) is 121. The van der Waals surface area contributed by atoms with Gasteiger partial charge in [0, 0.05) is 6.42 Å². The summed E-state index contributed by atoms with van der Waals surface area (Å²) in [7, 11) is 0. The summed E-state index contributed by atoms with van der Waals surface area (Å²) >= 11 is 0. The Bertz CT molecular complexity index is 1970. The summed E-state index contributed by atoms with van der Waals surface area (Å²) in [6.07, 6.45) is 54.7. The molecular formula is C85H161NO18. The number of ether oxygens (including phenoxy) is 6. The number of carbonyl (C=O) groups is 1. The summed E-state index contributed by atoms with van der Waals surface area (Å²) in [5.41, 5.74) is 0. The molecule has 19 nitrogen and oxygen atoms in total. The van der Waals surface area contributed by atoms with Crippen LogP contribution in [-0.2, 0) is 33.2 Å². The van der Waals surface area contributed by atoms with Gasteiger partial charge in [0.1, 0.15) is 73.2 Å². The van der Waals surface area contributed by atoms with Gasteiger partial charge in [-0.05, 0) is 44.9 Å². The highest BCUT2D eigenvalue weighted by Gasteiger charge is 2.54. The predicted molar refractivity (Wildman–Crippen MR) is 416 cm³/mol. The Morgan fingerprint density at radius 2 is 0.606 bits per heavy atom. The van der Waals surface area contributed by atoms with Crippen molar-refractivity contribution in [1.82, 2.24) is 5.32 Å². The van der Waals surface area contributed by atoms with Crippen LogP contribution >= 0.6 is 0 Å². The summed E-state index contributed by atoms with van der Waals surface area (Å²) < 4.78 is 34.5. The van der Waals surface area contributed by atoms with E-state index in [4.69, 9.17) is 28.4 Å². The van der Waals surface area contributed by atoms with Gasteiger partial charge in [-0.25, -0.2) is 0 Å². The third-order valence-electron chi connectivity index (χ3n) is 22.0. The highest BCUT2D eigenvalue weighted by atomic mass is 16.8. The number of aliphatic hydroxyl groups is 11. The van der Waals surface area contributed by atoms with Crippen LogP contribution in [0.25, 0.3) is 0 Å². The number of nitrogens with one attached hydrogen (secondary N) is 1. The van der Waals surface area contributed by atoms with Crippen LogP contribution in [0, 0.1) is 0 Å². The largest absolute Gasteiger partial charge is 0.394 e. The van der Waals surface area contributed by atoms with Crippen molar-refractivity contribution in [2.45, 2.75) is 484 Å². The van der Waals surface area contributed by atoms with Crippen molar-refractivity contribution in [2.75, 3.05) is 26.4 Å². The molecule has 104 heavy (non-hydrogen) atoms. The van der Waals surface area contributed by atoms with Crippen LogP contribution in [0.15, 0.2) is 24.3 Å². The predicted octanol–water partition coefficient (Wildman–Crippen LogP) is 15.7. The highest BCUT2D eigenvalue weighted by Crippen LogP contribution is 2.34. The number of rotatable bonds is 71. The summed E-state index contributed by atoms with van der Waals surface area (Å²) in [6, 6.07) is -0.972. The highest BCUT2D eigenvalue weighted by molar-refractivity contribution is 5.76. The van der Waals surface area contributed by atoms with E-state index < -0.39 is 124 Å². The molecule has 0 spiro atoms. The van der Waals surface area contributed by atoms with Crippen molar-refractivity contribution >= 4 is 5.91 Å². The molecule has 17 unspecified atom stereocenters. The molecule has 0 aromatic rings. The minimum Gasteiger partial charge on any atom is -0.394 e. The summed E-state index contributed by atoms with van der Waals surface area (Å²) in [4.78, 5) is 13.5. The quantitative estimate of drug-likeness (QED) is 0.0199. The van der Waals surface area contributed by atoms with Gasteiger partial charge in [-0.2, -0.15) is 0 Å². The molecule has 17 atom stereocenters. The van der Waals surface area contributed by atoms with Gasteiger partial charge in [0.2, 0.25) is 5.91 Å². The number of hydrogen-bond acceptors (Lipinski definition) is 18. The van der Waals surface area contributed by atoms with E-state index in [9.17, 15) is 61.0 Å². The zero-order valence-electron chi connectivity index (χ0n) is 66.0. The molecule has 0 aliphatic carbocycles. The first-order valence-corrected chi connectivity index (χ1v) is 43.6. The topological polar surface area (TPSA) is 307 Å². The molecule has 12 N–H and O–H groups in total. The zero-order valence-corrected chi connectivity index (χ0v) is 66.0. The molecule has 3 fully saturated rings. The van der Waals surface area contributed by atoms with Crippen LogP contribution in [0.4, 0.5) is 0 Å². The number of allylic oxidation sites excluding steroid dienone is 3. The van der Waals surface area contributed by atoms with Crippen molar-refractivity contribution in [3.63, 3.8) is 0 Å². The Morgan fingerprint density at radius 3 is 0.933 bits per heavy atom. The fourth-order valence-electron chi connectivity index (χ4n) is 15.0. The van der Waals surface area contributed by atoms with Gasteiger partial charge >= 0.3 is 0 Å². The molecule has 614 valence electrons. The van der Waals surface area contributed by atoms with Crippen molar-refractivity contribution in [3.05, 3.63) is 24.3 Å². The van der Waals surface area contributed by atoms with Gasteiger partial charge in [0.15, 0.2) is 18.9 Å². The molecule has 0 radical (unpaired) electrons. The van der Waals surface area contributed by atoms with E-state index in [2.05, 4.69) is 31.3 Å². The maximum absolute atomic E-state index is 13.5. The maximum Gasteiger partial charge on any atom is 0.220 e. The minimum atomic E-state index is -1.98. The van der Waals surface area contributed by atoms with Crippen molar-refractivity contribution < 1.29 is 89.4 Å². The van der Waals surface area contributed by atoms with Gasteiger partial charge in [-0.15, -0.1) is 0 Å².